The maximum Gasteiger partial charge on any atom is 0.0319 e. The first-order valence-corrected chi connectivity index (χ1v) is 9.99. The van der Waals surface area contributed by atoms with Crippen molar-refractivity contribution in [1.82, 2.24) is 0 Å². The first-order chi connectivity index (χ1) is 6.97. The molecule has 0 unspecified atom stereocenters. The smallest absolute Gasteiger partial charge is 0.0319 e. The summed E-state index contributed by atoms with van der Waals surface area (Å²) in [6.07, 6.45) is 2.39. The van der Waals surface area contributed by atoms with Crippen molar-refractivity contribution in [2.24, 2.45) is 0 Å². The van der Waals surface area contributed by atoms with Gasteiger partial charge in [0.1, 0.15) is 0 Å². The fraction of sp³-hybridized carbons (Fsp3) is 0.500. The molecule has 1 nitrogen and oxygen atoms in total. The summed E-state index contributed by atoms with van der Waals surface area (Å²) in [5.74, 6) is 0. The van der Waals surface area contributed by atoms with Crippen LogP contribution in [0.25, 0.3) is 0 Å². The van der Waals surface area contributed by atoms with Gasteiger partial charge in [0.2, 0.25) is 0 Å². The molecule has 0 aromatic heterocycles. The van der Waals surface area contributed by atoms with Gasteiger partial charge in [0.05, 0.1) is 0 Å². The topological polar surface area (TPSA) is 26.0 Å². The lowest BCUT2D eigenvalue weighted by atomic mass is 10.1. The predicted octanol–water partition coefficient (Wildman–Crippen LogP) is 3.75. The Morgan fingerprint density at radius 1 is 0.867 bits per heavy atom. The zero-order valence-electron chi connectivity index (χ0n) is 10.1. The molecule has 0 atom stereocenters. The van der Waals surface area contributed by atoms with Gasteiger partial charge in [-0.2, -0.15) is 0 Å². The monoisotopic (exact) mass is 241 g/mol. The van der Waals surface area contributed by atoms with Crippen LogP contribution in [-0.4, -0.2) is 26.7 Å². The Balaban J connectivity index is 2.84. The maximum absolute atomic E-state index is 5.93. The average Bonchev–Trinajstić information content (AvgIpc) is 1.98. The molecule has 1 rings (SSSR count). The summed E-state index contributed by atoms with van der Waals surface area (Å²) in [7, 11) is 0.256. The minimum Gasteiger partial charge on any atom is -0.399 e. The summed E-state index contributed by atoms with van der Waals surface area (Å²) in [5, 5.41) is 0. The third-order valence-corrected chi connectivity index (χ3v) is 4.07. The predicted molar refractivity (Wildman–Crippen MR) is 75.8 cm³/mol. The first-order valence-electron chi connectivity index (χ1n) is 5.15. The highest BCUT2D eigenvalue weighted by atomic mass is 31.1. The molecule has 0 aliphatic heterocycles. The minimum atomic E-state index is 0.128. The highest BCUT2D eigenvalue weighted by Crippen LogP contribution is 2.34. The van der Waals surface area contributed by atoms with Crippen LogP contribution in [0.2, 0.25) is 0 Å². The molecule has 1 aromatic carbocycles. The van der Waals surface area contributed by atoms with Gasteiger partial charge in [-0.15, -0.1) is 15.8 Å². The molecule has 0 amide bonds. The van der Waals surface area contributed by atoms with Crippen LogP contribution in [-0.2, 0) is 12.3 Å². The second kappa shape index (κ2) is 5.83. The van der Waals surface area contributed by atoms with Gasteiger partial charge in [0.15, 0.2) is 0 Å². The van der Waals surface area contributed by atoms with Crippen molar-refractivity contribution in [3.05, 3.63) is 29.3 Å². The van der Waals surface area contributed by atoms with E-state index in [9.17, 15) is 0 Å². The van der Waals surface area contributed by atoms with Crippen LogP contribution in [0.15, 0.2) is 18.2 Å². The molecule has 0 saturated heterocycles. The van der Waals surface area contributed by atoms with Crippen LogP contribution in [0, 0.1) is 0 Å². The van der Waals surface area contributed by atoms with Gasteiger partial charge in [0.25, 0.3) is 0 Å². The number of hydrogen-bond donors (Lipinski definition) is 1. The molecule has 0 aliphatic carbocycles. The summed E-state index contributed by atoms with van der Waals surface area (Å²) >= 11 is 0. The van der Waals surface area contributed by atoms with Crippen molar-refractivity contribution in [3.63, 3.8) is 0 Å². The van der Waals surface area contributed by atoms with Gasteiger partial charge in [0, 0.05) is 5.69 Å². The Bertz CT molecular complexity index is 293. The number of anilines is 1. The third-order valence-electron chi connectivity index (χ3n) is 2.07. The Hall–Kier alpha value is -0.120. The highest BCUT2D eigenvalue weighted by Gasteiger charge is 2.03. The lowest BCUT2D eigenvalue weighted by Crippen LogP contribution is -1.93. The molecular formula is C12H21NP2. The van der Waals surface area contributed by atoms with E-state index in [1.165, 1.54) is 23.5 Å². The van der Waals surface area contributed by atoms with Gasteiger partial charge in [-0.05, 0) is 62.2 Å². The van der Waals surface area contributed by atoms with Crippen LogP contribution in [0.4, 0.5) is 5.69 Å². The van der Waals surface area contributed by atoms with Gasteiger partial charge in [-0.3, -0.25) is 0 Å². The second-order valence-electron chi connectivity index (χ2n) is 4.56. The standard InChI is InChI=1S/C12H21NP2/c1-14(2)8-10-5-11(9-15(3)4)7-12(13)6-10/h5-7H,8-9,13H2,1-4H3. The molecule has 0 bridgehead atoms. The number of nitrogens with two attached hydrogens (primary N) is 1. The Morgan fingerprint density at radius 2 is 1.27 bits per heavy atom. The van der Waals surface area contributed by atoms with Gasteiger partial charge in [-0.1, -0.05) is 6.07 Å². The molecule has 0 aliphatic rings. The fourth-order valence-corrected chi connectivity index (χ4v) is 3.53. The maximum atomic E-state index is 5.93. The molecule has 1 aromatic rings. The van der Waals surface area contributed by atoms with Crippen molar-refractivity contribution in [2.75, 3.05) is 32.4 Å². The normalized spacial score (nSPS) is 11.3. The van der Waals surface area contributed by atoms with E-state index in [4.69, 9.17) is 5.73 Å². The minimum absolute atomic E-state index is 0.128. The zero-order chi connectivity index (χ0) is 11.4. The van der Waals surface area contributed by atoms with Crippen molar-refractivity contribution in [2.45, 2.75) is 12.3 Å². The van der Waals surface area contributed by atoms with Gasteiger partial charge in [-0.25, -0.2) is 0 Å². The lowest BCUT2D eigenvalue weighted by molar-refractivity contribution is 1.31. The molecule has 0 fully saturated rings. The third kappa shape index (κ3) is 4.96. The number of nitrogen functional groups attached to an aromatic ring is 1. The van der Waals surface area contributed by atoms with Crippen molar-refractivity contribution in [3.8, 4) is 0 Å². The molecule has 84 valence electrons. The largest absolute Gasteiger partial charge is 0.399 e. The van der Waals surface area contributed by atoms with Gasteiger partial charge < -0.3 is 5.73 Å². The number of rotatable bonds is 4. The van der Waals surface area contributed by atoms with Crippen LogP contribution in [0.3, 0.4) is 0 Å². The summed E-state index contributed by atoms with van der Waals surface area (Å²) in [6.45, 7) is 9.24. The average molecular weight is 241 g/mol. The Morgan fingerprint density at radius 3 is 1.60 bits per heavy atom. The van der Waals surface area contributed by atoms with Gasteiger partial charge >= 0.3 is 0 Å². The van der Waals surface area contributed by atoms with Crippen molar-refractivity contribution in [1.29, 1.82) is 0 Å². The SMILES string of the molecule is CP(C)Cc1cc(N)cc(CP(C)C)c1. The molecule has 15 heavy (non-hydrogen) atoms. The molecule has 0 saturated carbocycles. The molecule has 0 heterocycles. The molecule has 2 N–H and O–H groups in total. The van der Waals surface area contributed by atoms with E-state index in [1.807, 2.05) is 0 Å². The molecule has 3 heteroatoms. The summed E-state index contributed by atoms with van der Waals surface area (Å²) < 4.78 is 0. The van der Waals surface area contributed by atoms with Crippen molar-refractivity contribution < 1.29 is 0 Å². The van der Waals surface area contributed by atoms with E-state index in [1.54, 1.807) is 0 Å². The van der Waals surface area contributed by atoms with E-state index in [0.717, 1.165) is 5.69 Å². The summed E-state index contributed by atoms with van der Waals surface area (Å²) in [6, 6.07) is 6.58. The number of benzene rings is 1. The second-order valence-corrected chi connectivity index (χ2v) is 9.51. The molecular weight excluding hydrogens is 220 g/mol. The molecule has 0 spiro atoms. The van der Waals surface area contributed by atoms with Crippen LogP contribution >= 0.6 is 15.8 Å². The van der Waals surface area contributed by atoms with E-state index < -0.39 is 0 Å². The van der Waals surface area contributed by atoms with E-state index in [2.05, 4.69) is 44.9 Å². The lowest BCUT2D eigenvalue weighted by Gasteiger charge is -2.11. The quantitative estimate of drug-likeness (QED) is 0.630. The van der Waals surface area contributed by atoms with E-state index >= 15 is 0 Å². The Kier molecular flexibility index (Phi) is 5.03. The van der Waals surface area contributed by atoms with E-state index in [-0.39, 0.29) is 15.8 Å². The molecule has 0 radical (unpaired) electrons. The highest BCUT2D eigenvalue weighted by molar-refractivity contribution is 7.55. The number of hydrogen-bond acceptors (Lipinski definition) is 1. The van der Waals surface area contributed by atoms with Crippen LogP contribution < -0.4 is 5.73 Å². The summed E-state index contributed by atoms with van der Waals surface area (Å²) in [4.78, 5) is 0. The van der Waals surface area contributed by atoms with E-state index in [0.29, 0.717) is 0 Å². The summed E-state index contributed by atoms with van der Waals surface area (Å²) in [5.41, 5.74) is 9.68. The first kappa shape index (κ1) is 12.9. The van der Waals surface area contributed by atoms with Crippen LogP contribution in [0.1, 0.15) is 11.1 Å². The van der Waals surface area contributed by atoms with Crippen LogP contribution in [0.5, 0.6) is 0 Å². The van der Waals surface area contributed by atoms with Crippen molar-refractivity contribution >= 4 is 21.5 Å². The fourth-order valence-electron chi connectivity index (χ4n) is 1.70. The zero-order valence-corrected chi connectivity index (χ0v) is 11.9. The Labute approximate surface area is 96.0 Å².